The van der Waals surface area contributed by atoms with Crippen molar-refractivity contribution in [2.45, 2.75) is 11.8 Å². The average molecular weight is 249 g/mol. The zero-order chi connectivity index (χ0) is 12.4. The number of nitrogens with one attached hydrogen (secondary N) is 1. The Morgan fingerprint density at radius 1 is 1.35 bits per heavy atom. The Balaban J connectivity index is 2.63. The van der Waals surface area contributed by atoms with Crippen LogP contribution < -0.4 is 10.5 Å². The van der Waals surface area contributed by atoms with Gasteiger partial charge in [0, 0.05) is 16.0 Å². The van der Waals surface area contributed by atoms with Gasteiger partial charge >= 0.3 is 0 Å². The number of nitrogen functional groups attached to an aromatic ring is 1. The first-order valence-corrected chi connectivity index (χ1v) is 6.41. The van der Waals surface area contributed by atoms with Crippen LogP contribution in [0.1, 0.15) is 5.56 Å². The normalized spacial score (nSPS) is 10.5. The number of methoxy groups -OCH3 is 1. The molecule has 17 heavy (non-hydrogen) atoms. The Morgan fingerprint density at radius 3 is 2.65 bits per heavy atom. The molecule has 0 saturated carbocycles. The van der Waals surface area contributed by atoms with Gasteiger partial charge in [0.25, 0.3) is 0 Å². The van der Waals surface area contributed by atoms with Crippen molar-refractivity contribution in [3.63, 3.8) is 0 Å². The number of anilines is 1. The van der Waals surface area contributed by atoms with E-state index in [-0.39, 0.29) is 0 Å². The van der Waals surface area contributed by atoms with E-state index in [0.29, 0.717) is 5.82 Å². The number of hydrogen-bond acceptors (Lipinski definition) is 4. The molecule has 0 bridgehead atoms. The summed E-state index contributed by atoms with van der Waals surface area (Å²) in [5, 5.41) is 6.70. The summed E-state index contributed by atoms with van der Waals surface area (Å²) in [5.74, 6) is 1.43. The third kappa shape index (κ3) is 2.10. The topological polar surface area (TPSA) is 63.9 Å². The minimum Gasteiger partial charge on any atom is -0.496 e. The van der Waals surface area contributed by atoms with Crippen molar-refractivity contribution in [1.82, 2.24) is 10.2 Å². The largest absolute Gasteiger partial charge is 0.496 e. The predicted molar refractivity (Wildman–Crippen MR) is 71.5 cm³/mol. The molecular weight excluding hydrogens is 234 g/mol. The average Bonchev–Trinajstić information content (AvgIpc) is 2.75. The van der Waals surface area contributed by atoms with E-state index in [4.69, 9.17) is 10.5 Å². The second-order valence-electron chi connectivity index (χ2n) is 3.72. The van der Waals surface area contributed by atoms with E-state index in [2.05, 4.69) is 16.3 Å². The highest BCUT2D eigenvalue weighted by Crippen LogP contribution is 2.37. The quantitative estimate of drug-likeness (QED) is 0.821. The van der Waals surface area contributed by atoms with E-state index in [9.17, 15) is 0 Å². The number of aromatic amines is 1. The highest BCUT2D eigenvalue weighted by atomic mass is 32.2. The van der Waals surface area contributed by atoms with Crippen molar-refractivity contribution in [1.29, 1.82) is 0 Å². The summed E-state index contributed by atoms with van der Waals surface area (Å²) in [7, 11) is 1.67. The van der Waals surface area contributed by atoms with E-state index in [1.807, 2.05) is 19.2 Å². The van der Waals surface area contributed by atoms with Gasteiger partial charge in [-0.3, -0.25) is 5.10 Å². The molecule has 0 unspecified atom stereocenters. The number of aryl methyl sites for hydroxylation is 1. The minimum absolute atomic E-state index is 0.575. The van der Waals surface area contributed by atoms with Crippen LogP contribution in [0.2, 0.25) is 0 Å². The lowest BCUT2D eigenvalue weighted by Crippen LogP contribution is -1.93. The summed E-state index contributed by atoms with van der Waals surface area (Å²) in [6.07, 6.45) is 3.78. The molecule has 0 atom stereocenters. The van der Waals surface area contributed by atoms with Gasteiger partial charge in [0.1, 0.15) is 11.6 Å². The van der Waals surface area contributed by atoms with Crippen LogP contribution in [0.4, 0.5) is 5.82 Å². The van der Waals surface area contributed by atoms with E-state index in [1.165, 1.54) is 0 Å². The maximum Gasteiger partial charge on any atom is 0.126 e. The molecule has 0 fully saturated rings. The fraction of sp³-hybridized carbons (Fsp3) is 0.250. The molecule has 1 aromatic carbocycles. The monoisotopic (exact) mass is 249 g/mol. The highest BCUT2D eigenvalue weighted by molar-refractivity contribution is 7.98. The summed E-state index contributed by atoms with van der Waals surface area (Å²) < 4.78 is 5.34. The molecule has 2 aromatic rings. The lowest BCUT2D eigenvalue weighted by atomic mass is 10.1. The number of nitrogens with two attached hydrogens (primary N) is 1. The smallest absolute Gasteiger partial charge is 0.126 e. The van der Waals surface area contributed by atoms with Gasteiger partial charge in [-0.25, -0.2) is 0 Å². The molecule has 90 valence electrons. The number of aromatic nitrogens is 2. The van der Waals surface area contributed by atoms with Crippen molar-refractivity contribution < 1.29 is 4.74 Å². The Morgan fingerprint density at radius 2 is 2.12 bits per heavy atom. The fourth-order valence-corrected chi connectivity index (χ4v) is 2.46. The van der Waals surface area contributed by atoms with Crippen LogP contribution in [0.5, 0.6) is 5.75 Å². The highest BCUT2D eigenvalue weighted by Gasteiger charge is 2.12. The predicted octanol–water partition coefficient (Wildman–Crippen LogP) is 2.70. The number of benzene rings is 1. The molecule has 5 heteroatoms. The number of ether oxygens (including phenoxy) is 1. The molecule has 1 aromatic heterocycles. The first kappa shape index (κ1) is 11.9. The molecule has 0 amide bonds. The van der Waals surface area contributed by atoms with Crippen molar-refractivity contribution in [2.24, 2.45) is 0 Å². The number of rotatable bonds is 3. The van der Waals surface area contributed by atoms with Crippen molar-refractivity contribution in [2.75, 3.05) is 19.1 Å². The minimum atomic E-state index is 0.575. The van der Waals surface area contributed by atoms with E-state index in [0.717, 1.165) is 27.3 Å². The van der Waals surface area contributed by atoms with Gasteiger partial charge in [-0.2, -0.15) is 5.10 Å². The molecule has 4 nitrogen and oxygen atoms in total. The van der Waals surface area contributed by atoms with Crippen molar-refractivity contribution in [3.8, 4) is 16.9 Å². The van der Waals surface area contributed by atoms with Gasteiger partial charge in [0.05, 0.1) is 13.3 Å². The molecule has 0 saturated heterocycles. The van der Waals surface area contributed by atoms with Crippen LogP contribution in [0.3, 0.4) is 0 Å². The molecule has 3 N–H and O–H groups in total. The maximum absolute atomic E-state index is 5.86. The summed E-state index contributed by atoms with van der Waals surface area (Å²) in [5.41, 5.74) is 8.93. The lowest BCUT2D eigenvalue weighted by Gasteiger charge is -2.11. The van der Waals surface area contributed by atoms with Crippen LogP contribution >= 0.6 is 11.8 Å². The van der Waals surface area contributed by atoms with E-state index in [1.54, 1.807) is 25.1 Å². The second-order valence-corrected chi connectivity index (χ2v) is 4.57. The molecule has 0 aliphatic rings. The molecular formula is C12H15N3OS. The zero-order valence-corrected chi connectivity index (χ0v) is 10.9. The Hall–Kier alpha value is -1.62. The third-order valence-corrected chi connectivity index (χ3v) is 3.45. The standard InChI is InChI=1S/C12H15N3OS/c1-7-4-11(17-3)8(5-10(7)16-2)9-6-14-15-12(9)13/h4-6H,1-3H3,(H3,13,14,15). The molecule has 0 spiro atoms. The number of hydrogen-bond donors (Lipinski definition) is 2. The van der Waals surface area contributed by atoms with E-state index >= 15 is 0 Å². The third-order valence-electron chi connectivity index (χ3n) is 2.68. The van der Waals surface area contributed by atoms with Gasteiger partial charge in [-0.1, -0.05) is 0 Å². The summed E-state index contributed by atoms with van der Waals surface area (Å²) in [6, 6.07) is 4.10. The summed E-state index contributed by atoms with van der Waals surface area (Å²) >= 11 is 1.68. The number of thioether (sulfide) groups is 1. The zero-order valence-electron chi connectivity index (χ0n) is 10.1. The first-order chi connectivity index (χ1) is 8.17. The maximum atomic E-state index is 5.86. The van der Waals surface area contributed by atoms with Crippen molar-refractivity contribution >= 4 is 17.6 Å². The molecule has 0 aliphatic carbocycles. The van der Waals surface area contributed by atoms with Crippen molar-refractivity contribution in [3.05, 3.63) is 23.9 Å². The first-order valence-electron chi connectivity index (χ1n) is 5.19. The Bertz CT molecular complexity index is 537. The van der Waals surface area contributed by atoms with Gasteiger partial charge < -0.3 is 10.5 Å². The molecule has 0 aliphatic heterocycles. The van der Waals surface area contributed by atoms with Crippen LogP contribution in [-0.2, 0) is 0 Å². The Kier molecular flexibility index (Phi) is 3.28. The van der Waals surface area contributed by atoms with E-state index < -0.39 is 0 Å². The molecule has 0 radical (unpaired) electrons. The lowest BCUT2D eigenvalue weighted by molar-refractivity contribution is 0.411. The van der Waals surface area contributed by atoms with Crippen LogP contribution in [0, 0.1) is 6.92 Å². The molecule has 1 heterocycles. The van der Waals surface area contributed by atoms with Gasteiger partial charge in [0.2, 0.25) is 0 Å². The van der Waals surface area contributed by atoms with Crippen LogP contribution in [-0.4, -0.2) is 23.6 Å². The van der Waals surface area contributed by atoms with Gasteiger partial charge in [0.15, 0.2) is 0 Å². The number of nitrogens with zero attached hydrogens (tertiary/aromatic N) is 1. The van der Waals surface area contributed by atoms with Crippen LogP contribution in [0.25, 0.3) is 11.1 Å². The SMILES string of the molecule is COc1cc(-c2cn[nH]c2N)c(SC)cc1C. The Labute approximate surface area is 105 Å². The number of H-pyrrole nitrogens is 1. The fourth-order valence-electron chi connectivity index (χ4n) is 1.77. The summed E-state index contributed by atoms with van der Waals surface area (Å²) in [4.78, 5) is 1.16. The second kappa shape index (κ2) is 4.71. The molecule has 2 rings (SSSR count). The van der Waals surface area contributed by atoms with Crippen LogP contribution in [0.15, 0.2) is 23.2 Å². The van der Waals surface area contributed by atoms with Gasteiger partial charge in [-0.15, -0.1) is 11.8 Å². The summed E-state index contributed by atoms with van der Waals surface area (Å²) in [6.45, 7) is 2.03. The van der Waals surface area contributed by atoms with Gasteiger partial charge in [-0.05, 0) is 30.9 Å².